The second-order valence-electron chi connectivity index (χ2n) is 6.90. The molecule has 2 aromatic carbocycles. The van der Waals surface area contributed by atoms with Crippen molar-refractivity contribution < 1.29 is 28.9 Å². The van der Waals surface area contributed by atoms with Crippen LogP contribution in [0.4, 0.5) is 0 Å². The van der Waals surface area contributed by atoms with Gasteiger partial charge in [0.25, 0.3) is 0 Å². The van der Waals surface area contributed by atoms with Gasteiger partial charge in [0.2, 0.25) is 0 Å². The minimum Gasteiger partial charge on any atom is -0.507 e. The van der Waals surface area contributed by atoms with E-state index in [1.165, 1.54) is 13.2 Å². The molecule has 6 heteroatoms. The number of rotatable bonds is 4. The van der Waals surface area contributed by atoms with E-state index in [9.17, 15) is 14.7 Å². The summed E-state index contributed by atoms with van der Waals surface area (Å²) in [6, 6.07) is 6.79. The number of Topliss-reactive ketones (excluding diaryl/α,β-unsaturated/α-hetero) is 1. The Labute approximate surface area is 156 Å². The Morgan fingerprint density at radius 2 is 1.93 bits per heavy atom. The van der Waals surface area contributed by atoms with Crippen LogP contribution in [-0.2, 0) is 9.47 Å². The number of methoxy groups -OCH3 is 1. The molecule has 2 aliphatic rings. The fourth-order valence-electron chi connectivity index (χ4n) is 3.70. The number of benzene rings is 2. The maximum atomic E-state index is 13.0. The summed E-state index contributed by atoms with van der Waals surface area (Å²) in [5.74, 6) is -1.04. The molecule has 1 aliphatic carbocycles. The lowest BCUT2D eigenvalue weighted by molar-refractivity contribution is -0.146. The summed E-state index contributed by atoms with van der Waals surface area (Å²) in [4.78, 5) is 25.7. The van der Waals surface area contributed by atoms with E-state index in [0.717, 1.165) is 0 Å². The van der Waals surface area contributed by atoms with Crippen molar-refractivity contribution in [1.82, 2.24) is 0 Å². The molecule has 1 saturated heterocycles. The van der Waals surface area contributed by atoms with Gasteiger partial charge in [-0.2, -0.15) is 0 Å². The third kappa shape index (κ3) is 2.91. The number of phenols is 1. The Morgan fingerprint density at radius 1 is 1.19 bits per heavy atom. The summed E-state index contributed by atoms with van der Waals surface area (Å²) < 4.78 is 16.5. The fraction of sp³-hybridized carbons (Fsp3) is 0.333. The molecule has 1 N–H and O–H groups in total. The normalized spacial score (nSPS) is 18.5. The van der Waals surface area contributed by atoms with Crippen LogP contribution in [0.25, 0.3) is 10.8 Å². The highest BCUT2D eigenvalue weighted by Gasteiger charge is 2.34. The molecule has 0 atom stereocenters. The molecule has 1 fully saturated rings. The fourth-order valence-corrected chi connectivity index (χ4v) is 3.70. The van der Waals surface area contributed by atoms with E-state index < -0.39 is 5.79 Å². The summed E-state index contributed by atoms with van der Waals surface area (Å²) in [5.41, 5.74) is 0.635. The monoisotopic (exact) mass is 368 g/mol. The molecule has 2 aromatic rings. The Balaban J connectivity index is 1.74. The van der Waals surface area contributed by atoms with E-state index in [0.29, 0.717) is 48.2 Å². The predicted molar refractivity (Wildman–Crippen MR) is 98.5 cm³/mol. The lowest BCUT2D eigenvalue weighted by Crippen LogP contribution is -2.27. The first-order chi connectivity index (χ1) is 12.9. The van der Waals surface area contributed by atoms with E-state index >= 15 is 0 Å². The average molecular weight is 368 g/mol. The van der Waals surface area contributed by atoms with Crippen molar-refractivity contribution in [2.24, 2.45) is 0 Å². The van der Waals surface area contributed by atoms with Crippen LogP contribution in [0.3, 0.4) is 0 Å². The van der Waals surface area contributed by atoms with E-state index in [1.54, 1.807) is 24.3 Å². The number of aromatic hydroxyl groups is 1. The number of fused-ring (bicyclic) bond motifs is 2. The molecule has 4 rings (SSSR count). The van der Waals surface area contributed by atoms with Gasteiger partial charge < -0.3 is 19.3 Å². The highest BCUT2D eigenvalue weighted by Crippen LogP contribution is 2.40. The molecule has 140 valence electrons. The zero-order valence-electron chi connectivity index (χ0n) is 15.2. The summed E-state index contributed by atoms with van der Waals surface area (Å²) in [7, 11) is 1.52. The van der Waals surface area contributed by atoms with Crippen LogP contribution in [0.1, 0.15) is 40.5 Å². The number of ether oxygens (including phenoxy) is 3. The Kier molecular flexibility index (Phi) is 4.25. The van der Waals surface area contributed by atoms with Crippen molar-refractivity contribution in [3.05, 3.63) is 47.0 Å². The lowest BCUT2D eigenvalue weighted by atomic mass is 9.84. The highest BCUT2D eigenvalue weighted by molar-refractivity contribution is 6.27. The van der Waals surface area contributed by atoms with Crippen LogP contribution in [0.15, 0.2) is 35.9 Å². The summed E-state index contributed by atoms with van der Waals surface area (Å²) >= 11 is 0. The zero-order valence-corrected chi connectivity index (χ0v) is 15.2. The van der Waals surface area contributed by atoms with Crippen LogP contribution in [0.5, 0.6) is 11.5 Å². The molecular weight excluding hydrogens is 348 g/mol. The topological polar surface area (TPSA) is 82.1 Å². The minimum absolute atomic E-state index is 0.0454. The molecule has 6 nitrogen and oxygen atoms in total. The van der Waals surface area contributed by atoms with E-state index in [2.05, 4.69) is 0 Å². The molecule has 1 heterocycles. The van der Waals surface area contributed by atoms with Crippen LogP contribution >= 0.6 is 0 Å². The number of ketones is 2. The van der Waals surface area contributed by atoms with Crippen molar-refractivity contribution in [3.63, 3.8) is 0 Å². The Hall–Kier alpha value is -2.70. The van der Waals surface area contributed by atoms with Gasteiger partial charge in [-0.3, -0.25) is 9.59 Å². The molecule has 0 radical (unpaired) electrons. The second-order valence-corrected chi connectivity index (χ2v) is 6.90. The number of phenolic OH excluding ortho intramolecular Hbond substituents is 1. The summed E-state index contributed by atoms with van der Waals surface area (Å²) in [5, 5.41) is 11.7. The van der Waals surface area contributed by atoms with Gasteiger partial charge in [-0.15, -0.1) is 0 Å². The van der Waals surface area contributed by atoms with Crippen LogP contribution < -0.4 is 4.74 Å². The number of carbonyl (C=O) groups is 2. The van der Waals surface area contributed by atoms with Crippen LogP contribution in [0, 0.1) is 0 Å². The van der Waals surface area contributed by atoms with Crippen molar-refractivity contribution >= 4 is 22.3 Å². The van der Waals surface area contributed by atoms with Crippen molar-refractivity contribution in [2.45, 2.75) is 25.6 Å². The second kappa shape index (κ2) is 6.48. The van der Waals surface area contributed by atoms with E-state index in [1.807, 2.05) is 6.92 Å². The minimum atomic E-state index is -0.737. The number of hydrogen-bond donors (Lipinski definition) is 1. The first-order valence-corrected chi connectivity index (χ1v) is 8.84. The van der Waals surface area contributed by atoms with Gasteiger partial charge in [0, 0.05) is 28.3 Å². The smallest absolute Gasteiger partial charge is 0.190 e. The molecular formula is C21H20O6. The lowest BCUT2D eigenvalue weighted by Gasteiger charge is -2.24. The van der Waals surface area contributed by atoms with Gasteiger partial charge in [-0.1, -0.05) is 12.1 Å². The maximum absolute atomic E-state index is 13.0. The van der Waals surface area contributed by atoms with Crippen molar-refractivity contribution in [2.75, 3.05) is 20.3 Å². The van der Waals surface area contributed by atoms with Gasteiger partial charge in [0.15, 0.2) is 17.4 Å². The molecule has 1 aliphatic heterocycles. The third-order valence-electron chi connectivity index (χ3n) is 5.17. The van der Waals surface area contributed by atoms with Gasteiger partial charge in [0.05, 0.1) is 25.9 Å². The molecule has 0 amide bonds. The Morgan fingerprint density at radius 3 is 2.63 bits per heavy atom. The zero-order chi connectivity index (χ0) is 19.2. The highest BCUT2D eigenvalue weighted by atomic mass is 16.7. The third-order valence-corrected chi connectivity index (χ3v) is 5.17. The number of carbonyl (C=O) groups excluding carboxylic acids is 2. The largest absolute Gasteiger partial charge is 0.507 e. The molecule has 0 aromatic heterocycles. The molecule has 0 unspecified atom stereocenters. The molecule has 0 bridgehead atoms. The first-order valence-electron chi connectivity index (χ1n) is 8.84. The van der Waals surface area contributed by atoms with Gasteiger partial charge in [-0.25, -0.2) is 0 Å². The molecule has 0 saturated carbocycles. The number of hydrogen-bond acceptors (Lipinski definition) is 6. The molecule has 27 heavy (non-hydrogen) atoms. The standard InChI is InChI=1S/C21H20O6/c1-21(26-8-9-27-21)7-6-12-10-16(22)18-15(19(12)23)11-14-13(20(18)24)4-3-5-17(14)25-2/h3-5,10-11,24H,6-9H2,1-2H3. The van der Waals surface area contributed by atoms with Gasteiger partial charge >= 0.3 is 0 Å². The quantitative estimate of drug-likeness (QED) is 0.891. The van der Waals surface area contributed by atoms with E-state index in [4.69, 9.17) is 14.2 Å². The number of allylic oxidation sites excluding steroid dienone is 2. The van der Waals surface area contributed by atoms with E-state index in [-0.39, 0.29) is 28.4 Å². The predicted octanol–water partition coefficient (Wildman–Crippen LogP) is 3.40. The summed E-state index contributed by atoms with van der Waals surface area (Å²) in [6.45, 7) is 2.86. The SMILES string of the molecule is COc1cccc2c(O)c3c(cc12)C(=O)C(CCC1(C)OCCO1)=CC3=O. The summed E-state index contributed by atoms with van der Waals surface area (Å²) in [6.07, 6.45) is 2.13. The van der Waals surface area contributed by atoms with Gasteiger partial charge in [0.1, 0.15) is 11.5 Å². The Bertz CT molecular complexity index is 982. The van der Waals surface area contributed by atoms with Gasteiger partial charge in [-0.05, 0) is 31.6 Å². The van der Waals surface area contributed by atoms with Crippen LogP contribution in [0.2, 0.25) is 0 Å². The maximum Gasteiger partial charge on any atom is 0.190 e. The van der Waals surface area contributed by atoms with Crippen LogP contribution in [-0.4, -0.2) is 42.8 Å². The van der Waals surface area contributed by atoms with Crippen molar-refractivity contribution in [1.29, 1.82) is 0 Å². The molecule has 0 spiro atoms. The average Bonchev–Trinajstić information content (AvgIpc) is 3.10. The van der Waals surface area contributed by atoms with Crippen molar-refractivity contribution in [3.8, 4) is 11.5 Å². The first kappa shape index (κ1) is 17.7.